The van der Waals surface area contributed by atoms with Crippen LogP contribution in [-0.2, 0) is 4.79 Å². The summed E-state index contributed by atoms with van der Waals surface area (Å²) in [7, 11) is 3.90. The number of halogens is 2. The van der Waals surface area contributed by atoms with Crippen LogP contribution in [0, 0.1) is 0 Å². The molecule has 0 aromatic carbocycles. The van der Waals surface area contributed by atoms with Crippen molar-refractivity contribution in [3.05, 3.63) is 0 Å². The van der Waals surface area contributed by atoms with Crippen LogP contribution in [0.15, 0.2) is 0 Å². The number of rotatable bonds is 5. The lowest BCUT2D eigenvalue weighted by molar-refractivity contribution is -0.138. The summed E-state index contributed by atoms with van der Waals surface area (Å²) in [4.78, 5) is 12.2. The van der Waals surface area contributed by atoms with Gasteiger partial charge in [-0.25, -0.2) is 0 Å². The Labute approximate surface area is 91.3 Å². The molecule has 0 aromatic heterocycles. The SMILES string of the molecule is CN(C)CCC[C@H](N)C(=O)O.Cl.Cl. The molecule has 0 radical (unpaired) electrons. The number of carboxylic acid groups (broad SMARTS) is 1. The highest BCUT2D eigenvalue weighted by molar-refractivity contribution is 5.85. The number of carboxylic acids is 1. The van der Waals surface area contributed by atoms with Crippen molar-refractivity contribution < 1.29 is 9.90 Å². The second kappa shape index (κ2) is 10.1. The largest absolute Gasteiger partial charge is 0.480 e. The second-order valence-electron chi connectivity index (χ2n) is 2.89. The molecule has 0 saturated carbocycles. The van der Waals surface area contributed by atoms with Gasteiger partial charge in [0.25, 0.3) is 0 Å². The van der Waals surface area contributed by atoms with Crippen molar-refractivity contribution in [1.29, 1.82) is 0 Å². The van der Waals surface area contributed by atoms with Crippen LogP contribution < -0.4 is 5.73 Å². The molecule has 0 heterocycles. The van der Waals surface area contributed by atoms with Gasteiger partial charge in [-0.05, 0) is 33.5 Å². The van der Waals surface area contributed by atoms with Crippen LogP contribution in [0.3, 0.4) is 0 Å². The van der Waals surface area contributed by atoms with E-state index in [1.165, 1.54) is 0 Å². The van der Waals surface area contributed by atoms with E-state index < -0.39 is 12.0 Å². The van der Waals surface area contributed by atoms with Crippen LogP contribution in [0.2, 0.25) is 0 Å². The Morgan fingerprint density at radius 1 is 1.46 bits per heavy atom. The lowest BCUT2D eigenvalue weighted by Crippen LogP contribution is -2.30. The van der Waals surface area contributed by atoms with E-state index in [1.54, 1.807) is 0 Å². The highest BCUT2D eigenvalue weighted by Crippen LogP contribution is 1.95. The minimum atomic E-state index is -0.913. The van der Waals surface area contributed by atoms with Crippen molar-refractivity contribution in [2.24, 2.45) is 5.73 Å². The minimum Gasteiger partial charge on any atom is -0.480 e. The van der Waals surface area contributed by atoms with Gasteiger partial charge in [-0.1, -0.05) is 0 Å². The molecule has 4 nitrogen and oxygen atoms in total. The smallest absolute Gasteiger partial charge is 0.320 e. The van der Waals surface area contributed by atoms with Crippen molar-refractivity contribution in [2.45, 2.75) is 18.9 Å². The van der Waals surface area contributed by atoms with Gasteiger partial charge >= 0.3 is 5.97 Å². The van der Waals surface area contributed by atoms with Gasteiger partial charge in [-0.3, -0.25) is 4.79 Å². The Morgan fingerprint density at radius 3 is 2.23 bits per heavy atom. The Hall–Kier alpha value is -0.0300. The molecule has 0 rings (SSSR count). The molecular formula is C7H18Cl2N2O2. The quantitative estimate of drug-likeness (QED) is 0.729. The number of nitrogens with zero attached hydrogens (tertiary/aromatic N) is 1. The summed E-state index contributed by atoms with van der Waals surface area (Å²) in [6.07, 6.45) is 1.38. The highest BCUT2D eigenvalue weighted by atomic mass is 35.5. The topological polar surface area (TPSA) is 66.6 Å². The fourth-order valence-corrected chi connectivity index (χ4v) is 0.751. The van der Waals surface area contributed by atoms with Crippen LogP contribution >= 0.6 is 24.8 Å². The van der Waals surface area contributed by atoms with Crippen molar-refractivity contribution in [1.82, 2.24) is 4.90 Å². The molecule has 0 aliphatic rings. The summed E-state index contributed by atoms with van der Waals surface area (Å²) in [5.41, 5.74) is 5.28. The first-order valence-electron chi connectivity index (χ1n) is 3.67. The molecule has 82 valence electrons. The summed E-state index contributed by atoms with van der Waals surface area (Å²) in [5.74, 6) is -0.913. The van der Waals surface area contributed by atoms with Gasteiger partial charge in [0.15, 0.2) is 0 Å². The molecule has 0 unspecified atom stereocenters. The third-order valence-electron chi connectivity index (χ3n) is 1.44. The molecule has 0 spiro atoms. The van der Waals surface area contributed by atoms with E-state index in [0.29, 0.717) is 6.42 Å². The molecule has 0 amide bonds. The molecule has 0 bridgehead atoms. The summed E-state index contributed by atoms with van der Waals surface area (Å²) in [5, 5.41) is 8.41. The van der Waals surface area contributed by atoms with Gasteiger partial charge in [0.1, 0.15) is 6.04 Å². The molecule has 6 heteroatoms. The molecule has 0 aromatic rings. The second-order valence-corrected chi connectivity index (χ2v) is 2.89. The molecule has 1 atom stereocenters. The van der Waals surface area contributed by atoms with Gasteiger partial charge in [0.05, 0.1) is 0 Å². The van der Waals surface area contributed by atoms with E-state index in [2.05, 4.69) is 0 Å². The van der Waals surface area contributed by atoms with Gasteiger partial charge in [0.2, 0.25) is 0 Å². The normalized spacial score (nSPS) is 11.4. The summed E-state index contributed by atoms with van der Waals surface area (Å²) in [6.45, 7) is 0.890. The highest BCUT2D eigenvalue weighted by Gasteiger charge is 2.09. The lowest BCUT2D eigenvalue weighted by Gasteiger charge is -2.10. The first-order chi connectivity index (χ1) is 5.04. The maximum absolute atomic E-state index is 10.2. The predicted molar refractivity (Wildman–Crippen MR) is 57.9 cm³/mol. The Kier molecular flexibility index (Phi) is 14.5. The number of carbonyl (C=O) groups is 1. The molecule has 0 aliphatic heterocycles. The summed E-state index contributed by atoms with van der Waals surface area (Å²) >= 11 is 0. The van der Waals surface area contributed by atoms with Crippen LogP contribution in [0.5, 0.6) is 0 Å². The maximum Gasteiger partial charge on any atom is 0.320 e. The van der Waals surface area contributed by atoms with Crippen LogP contribution in [0.1, 0.15) is 12.8 Å². The third kappa shape index (κ3) is 12.0. The Bertz CT molecular complexity index is 134. The third-order valence-corrected chi connectivity index (χ3v) is 1.44. The van der Waals surface area contributed by atoms with E-state index in [0.717, 1.165) is 13.0 Å². The van der Waals surface area contributed by atoms with Crippen LogP contribution in [0.4, 0.5) is 0 Å². The molecule has 3 N–H and O–H groups in total. The average Bonchev–Trinajstić information content (AvgIpc) is 1.86. The van der Waals surface area contributed by atoms with Gasteiger partial charge in [0, 0.05) is 0 Å². The van der Waals surface area contributed by atoms with Gasteiger partial charge in [-0.2, -0.15) is 0 Å². The lowest BCUT2D eigenvalue weighted by atomic mass is 10.2. The van der Waals surface area contributed by atoms with Crippen molar-refractivity contribution in [2.75, 3.05) is 20.6 Å². The first-order valence-corrected chi connectivity index (χ1v) is 3.67. The van der Waals surface area contributed by atoms with Crippen molar-refractivity contribution in [3.63, 3.8) is 0 Å². The fraction of sp³-hybridized carbons (Fsp3) is 0.857. The average molecular weight is 233 g/mol. The monoisotopic (exact) mass is 232 g/mol. The standard InChI is InChI=1S/C7H16N2O2.2ClH/c1-9(2)5-3-4-6(8)7(10)11;;/h6H,3-5,8H2,1-2H3,(H,10,11);2*1H/t6-;;/m0../s1. The van der Waals surface area contributed by atoms with Crippen molar-refractivity contribution >= 4 is 30.8 Å². The Morgan fingerprint density at radius 2 is 1.92 bits per heavy atom. The molecule has 0 saturated heterocycles. The molecule has 0 fully saturated rings. The van der Waals surface area contributed by atoms with E-state index in [4.69, 9.17) is 10.8 Å². The van der Waals surface area contributed by atoms with Gasteiger partial charge in [-0.15, -0.1) is 24.8 Å². The zero-order chi connectivity index (χ0) is 8.85. The Balaban J connectivity index is -0.000000500. The fourth-order valence-electron chi connectivity index (χ4n) is 0.751. The van der Waals surface area contributed by atoms with E-state index in [1.807, 2.05) is 19.0 Å². The van der Waals surface area contributed by atoms with Crippen molar-refractivity contribution in [3.8, 4) is 0 Å². The zero-order valence-corrected chi connectivity index (χ0v) is 9.53. The number of nitrogens with two attached hydrogens (primary N) is 1. The zero-order valence-electron chi connectivity index (χ0n) is 7.90. The molecule has 0 aliphatic carbocycles. The van der Waals surface area contributed by atoms with E-state index >= 15 is 0 Å². The molecule has 13 heavy (non-hydrogen) atoms. The maximum atomic E-state index is 10.2. The van der Waals surface area contributed by atoms with E-state index in [-0.39, 0.29) is 24.8 Å². The predicted octanol–water partition coefficient (Wildman–Crippen LogP) is 0.584. The summed E-state index contributed by atoms with van der Waals surface area (Å²) < 4.78 is 0. The minimum absolute atomic E-state index is 0. The molecular weight excluding hydrogens is 215 g/mol. The van der Waals surface area contributed by atoms with Crippen LogP contribution in [-0.4, -0.2) is 42.7 Å². The number of aliphatic carboxylic acids is 1. The number of hydrogen-bond donors (Lipinski definition) is 2. The summed E-state index contributed by atoms with van der Waals surface area (Å²) in [6, 6.07) is -0.699. The van der Waals surface area contributed by atoms with Gasteiger partial charge < -0.3 is 15.7 Å². The first kappa shape index (κ1) is 18.7. The van der Waals surface area contributed by atoms with E-state index in [9.17, 15) is 4.79 Å². The van der Waals surface area contributed by atoms with Crippen LogP contribution in [0.25, 0.3) is 0 Å². The number of hydrogen-bond acceptors (Lipinski definition) is 3.